The second kappa shape index (κ2) is 9.00. The lowest BCUT2D eigenvalue weighted by Crippen LogP contribution is -2.33. The Morgan fingerprint density at radius 2 is 1.38 bits per heavy atom. The fourth-order valence-electron chi connectivity index (χ4n) is 5.72. The summed E-state index contributed by atoms with van der Waals surface area (Å²) in [6.07, 6.45) is 0. The van der Waals surface area contributed by atoms with E-state index in [4.69, 9.17) is 9.47 Å². The highest BCUT2D eigenvalue weighted by atomic mass is 16.6. The van der Waals surface area contributed by atoms with Gasteiger partial charge in [-0.2, -0.15) is 0 Å². The molecule has 2 heterocycles. The van der Waals surface area contributed by atoms with E-state index in [9.17, 15) is 4.79 Å². The first-order valence-electron chi connectivity index (χ1n) is 13.0. The number of carbonyl (C=O) groups is 1. The van der Waals surface area contributed by atoms with Crippen LogP contribution >= 0.6 is 0 Å². The van der Waals surface area contributed by atoms with Crippen LogP contribution in [0.2, 0.25) is 0 Å². The molecule has 0 amide bonds. The van der Waals surface area contributed by atoms with Crippen LogP contribution in [0.3, 0.4) is 0 Å². The van der Waals surface area contributed by atoms with E-state index in [-0.39, 0.29) is 5.97 Å². The van der Waals surface area contributed by atoms with Crippen molar-refractivity contribution in [2.75, 3.05) is 29.4 Å². The van der Waals surface area contributed by atoms with Crippen molar-refractivity contribution in [3.05, 3.63) is 113 Å². The molecule has 0 aliphatic carbocycles. The summed E-state index contributed by atoms with van der Waals surface area (Å²) in [4.78, 5) is 17.8. The molecule has 0 radical (unpaired) electrons. The summed E-state index contributed by atoms with van der Waals surface area (Å²) in [7, 11) is 0. The highest BCUT2D eigenvalue weighted by Gasteiger charge is 2.53. The smallest absolute Gasteiger partial charge is 0.340 e. The molecular weight excluding hydrogens is 460 g/mol. The lowest BCUT2D eigenvalue weighted by Gasteiger charge is -2.38. The number of ether oxygens (including phenoxy) is 2. The van der Waals surface area contributed by atoms with Crippen molar-refractivity contribution in [1.29, 1.82) is 0 Å². The zero-order valence-corrected chi connectivity index (χ0v) is 21.4. The number of para-hydroxylation sites is 1. The molecule has 4 aromatic rings. The largest absolute Gasteiger partial charge is 0.456 e. The summed E-state index contributed by atoms with van der Waals surface area (Å²) < 4.78 is 12.9. The number of carbonyl (C=O) groups excluding carboxylic acids is 1. The number of hydrogen-bond donors (Lipinski definition) is 0. The maximum Gasteiger partial charge on any atom is 0.340 e. The molecule has 2 aliphatic rings. The number of rotatable bonds is 6. The average molecular weight is 491 g/mol. The van der Waals surface area contributed by atoms with Crippen molar-refractivity contribution in [1.82, 2.24) is 0 Å². The van der Waals surface area contributed by atoms with Gasteiger partial charge in [-0.3, -0.25) is 0 Å². The molecule has 186 valence electrons. The zero-order chi connectivity index (χ0) is 25.6. The highest BCUT2D eigenvalue weighted by Crippen LogP contribution is 2.57. The Morgan fingerprint density at radius 1 is 0.649 bits per heavy atom. The predicted molar refractivity (Wildman–Crippen MR) is 147 cm³/mol. The standard InChI is InChI=1S/C32H30N2O3/c1-4-33(5-2)23-16-18-27-30(21-23)36-29-19-17-24(34(6-3)22-12-8-7-9-13-22)20-28(29)32(27)26-15-11-10-14-25(26)31(35)37-32/h7-21H,4-6H2,1-3H3. The van der Waals surface area contributed by atoms with E-state index < -0.39 is 5.60 Å². The average Bonchev–Trinajstić information content (AvgIpc) is 3.23. The van der Waals surface area contributed by atoms with Crippen LogP contribution in [-0.2, 0) is 10.3 Å². The fraction of sp³-hybridized carbons (Fsp3) is 0.219. The Morgan fingerprint density at radius 3 is 2.14 bits per heavy atom. The monoisotopic (exact) mass is 490 g/mol. The molecule has 1 spiro atoms. The normalized spacial score (nSPS) is 16.9. The zero-order valence-electron chi connectivity index (χ0n) is 21.4. The van der Waals surface area contributed by atoms with Gasteiger partial charge in [-0.1, -0.05) is 36.4 Å². The first-order chi connectivity index (χ1) is 18.1. The molecule has 2 aliphatic heterocycles. The Kier molecular flexibility index (Phi) is 5.64. The van der Waals surface area contributed by atoms with Crippen LogP contribution in [0.25, 0.3) is 0 Å². The molecule has 1 unspecified atom stereocenters. The van der Waals surface area contributed by atoms with Crippen LogP contribution in [0.1, 0.15) is 47.8 Å². The van der Waals surface area contributed by atoms with Gasteiger partial charge >= 0.3 is 5.97 Å². The quantitative estimate of drug-likeness (QED) is 0.266. The number of anilines is 3. The van der Waals surface area contributed by atoms with Gasteiger partial charge < -0.3 is 19.3 Å². The minimum atomic E-state index is -1.08. The van der Waals surface area contributed by atoms with E-state index in [0.717, 1.165) is 53.4 Å². The topological polar surface area (TPSA) is 42.0 Å². The van der Waals surface area contributed by atoms with Crippen molar-refractivity contribution < 1.29 is 14.3 Å². The number of esters is 1. The summed E-state index contributed by atoms with van der Waals surface area (Å²) in [5.41, 5.74) is 5.23. The second-order valence-electron chi connectivity index (χ2n) is 9.33. The Hall–Kier alpha value is -4.25. The van der Waals surface area contributed by atoms with Crippen LogP contribution in [0.4, 0.5) is 17.1 Å². The molecular formula is C32H30N2O3. The van der Waals surface area contributed by atoms with Crippen molar-refractivity contribution in [3.63, 3.8) is 0 Å². The van der Waals surface area contributed by atoms with Crippen LogP contribution in [0.5, 0.6) is 11.5 Å². The highest BCUT2D eigenvalue weighted by molar-refractivity contribution is 5.97. The summed E-state index contributed by atoms with van der Waals surface area (Å²) >= 11 is 0. The first-order valence-corrected chi connectivity index (χ1v) is 13.0. The molecule has 0 saturated carbocycles. The van der Waals surface area contributed by atoms with Crippen LogP contribution in [0.15, 0.2) is 91.0 Å². The van der Waals surface area contributed by atoms with Crippen LogP contribution in [0, 0.1) is 0 Å². The van der Waals surface area contributed by atoms with E-state index in [2.05, 4.69) is 73.0 Å². The van der Waals surface area contributed by atoms with E-state index in [1.165, 1.54) is 0 Å². The number of benzene rings is 4. The van der Waals surface area contributed by atoms with Gasteiger partial charge in [0.05, 0.1) is 5.56 Å². The minimum absolute atomic E-state index is 0.317. The van der Waals surface area contributed by atoms with E-state index in [0.29, 0.717) is 17.1 Å². The van der Waals surface area contributed by atoms with Gasteiger partial charge in [0, 0.05) is 59.5 Å². The Bertz CT molecular complexity index is 1480. The maximum atomic E-state index is 13.2. The van der Waals surface area contributed by atoms with E-state index in [1.807, 2.05) is 48.5 Å². The third-order valence-electron chi connectivity index (χ3n) is 7.50. The number of nitrogens with zero attached hydrogens (tertiary/aromatic N) is 2. The molecule has 6 rings (SSSR count). The number of hydrogen-bond acceptors (Lipinski definition) is 5. The van der Waals surface area contributed by atoms with Gasteiger partial charge in [-0.05, 0) is 69.3 Å². The second-order valence-corrected chi connectivity index (χ2v) is 9.33. The van der Waals surface area contributed by atoms with Crippen molar-refractivity contribution in [2.24, 2.45) is 0 Å². The molecule has 0 bridgehead atoms. The van der Waals surface area contributed by atoms with Crippen molar-refractivity contribution in [2.45, 2.75) is 26.4 Å². The fourth-order valence-corrected chi connectivity index (χ4v) is 5.72. The predicted octanol–water partition coefficient (Wildman–Crippen LogP) is 7.26. The van der Waals surface area contributed by atoms with E-state index >= 15 is 0 Å². The molecule has 37 heavy (non-hydrogen) atoms. The maximum absolute atomic E-state index is 13.2. The van der Waals surface area contributed by atoms with Gasteiger partial charge in [-0.25, -0.2) is 4.79 Å². The minimum Gasteiger partial charge on any atom is -0.456 e. The van der Waals surface area contributed by atoms with E-state index in [1.54, 1.807) is 0 Å². The van der Waals surface area contributed by atoms with Crippen LogP contribution in [-0.4, -0.2) is 25.6 Å². The molecule has 0 fully saturated rings. The summed E-state index contributed by atoms with van der Waals surface area (Å²) in [5, 5.41) is 0. The number of fused-ring (bicyclic) bond motifs is 6. The molecule has 0 N–H and O–H groups in total. The lowest BCUT2D eigenvalue weighted by atomic mass is 9.77. The summed E-state index contributed by atoms with van der Waals surface area (Å²) in [6.45, 7) is 8.99. The Labute approximate surface area is 217 Å². The van der Waals surface area contributed by atoms with Gasteiger partial charge in [0.2, 0.25) is 0 Å². The third kappa shape index (κ3) is 3.49. The first kappa shape index (κ1) is 23.2. The van der Waals surface area contributed by atoms with Gasteiger partial charge in [0.15, 0.2) is 5.60 Å². The van der Waals surface area contributed by atoms with Gasteiger partial charge in [-0.15, -0.1) is 0 Å². The molecule has 0 aromatic heterocycles. The van der Waals surface area contributed by atoms with Crippen LogP contribution < -0.4 is 14.5 Å². The molecule has 5 heteroatoms. The molecule has 4 aromatic carbocycles. The van der Waals surface area contributed by atoms with Crippen molar-refractivity contribution >= 4 is 23.0 Å². The van der Waals surface area contributed by atoms with Crippen molar-refractivity contribution in [3.8, 4) is 11.5 Å². The molecule has 0 saturated heterocycles. The van der Waals surface area contributed by atoms with Gasteiger partial charge in [0.25, 0.3) is 0 Å². The Balaban J connectivity index is 1.58. The molecule has 1 atom stereocenters. The lowest BCUT2D eigenvalue weighted by molar-refractivity contribution is 0.0224. The van der Waals surface area contributed by atoms with Gasteiger partial charge in [0.1, 0.15) is 11.5 Å². The summed E-state index contributed by atoms with van der Waals surface area (Å²) in [6, 6.07) is 30.4. The summed E-state index contributed by atoms with van der Waals surface area (Å²) in [5.74, 6) is 1.09. The third-order valence-corrected chi connectivity index (χ3v) is 7.50. The molecule has 5 nitrogen and oxygen atoms in total. The SMILES string of the molecule is CCN(CC)c1ccc2c(c1)Oc1ccc(N(CC)c3ccccc3)cc1C21OC(=O)c2ccccc21.